The van der Waals surface area contributed by atoms with Gasteiger partial charge in [0.25, 0.3) is 0 Å². The minimum absolute atomic E-state index is 0.0646. The molecule has 2 amide bonds. The summed E-state index contributed by atoms with van der Waals surface area (Å²) in [5.74, 6) is -1.65. The van der Waals surface area contributed by atoms with E-state index in [0.29, 0.717) is 12.8 Å². The molecule has 0 radical (unpaired) electrons. The second-order valence-corrected chi connectivity index (χ2v) is 10.7. The van der Waals surface area contributed by atoms with Crippen molar-refractivity contribution in [2.45, 2.75) is 64.5 Å². The molecule has 1 fully saturated rings. The fraction of sp³-hybridized carbons (Fsp3) is 0.464. The molecule has 2 aliphatic rings. The van der Waals surface area contributed by atoms with E-state index in [9.17, 15) is 19.5 Å². The molecular weight excluding hydrogens is 444 g/mol. The number of carbonyl (C=O) groups is 3. The van der Waals surface area contributed by atoms with Crippen LogP contribution in [0.3, 0.4) is 0 Å². The average molecular weight is 479 g/mol. The molecule has 7 heteroatoms. The SMILES string of the molecule is CC(C)(C)C(NC(=O)OCC1c2ccccc2-c2ccccc21)C(=O)N[C@H]1CCC[C@@H](C(=O)O)C1. The summed E-state index contributed by atoms with van der Waals surface area (Å²) in [7, 11) is 0. The highest BCUT2D eigenvalue weighted by Gasteiger charge is 2.36. The number of fused-ring (bicyclic) bond motifs is 3. The lowest BCUT2D eigenvalue weighted by atomic mass is 9.83. The van der Waals surface area contributed by atoms with Crippen LogP contribution in [0.1, 0.15) is 63.5 Å². The molecule has 0 spiro atoms. The Kier molecular flexibility index (Phi) is 7.15. The van der Waals surface area contributed by atoms with Crippen molar-refractivity contribution < 1.29 is 24.2 Å². The van der Waals surface area contributed by atoms with Gasteiger partial charge in [0, 0.05) is 12.0 Å². The van der Waals surface area contributed by atoms with E-state index >= 15 is 0 Å². The maximum Gasteiger partial charge on any atom is 0.407 e. The van der Waals surface area contributed by atoms with Crippen LogP contribution in [0.5, 0.6) is 0 Å². The number of aliphatic carboxylic acids is 1. The third kappa shape index (κ3) is 5.50. The lowest BCUT2D eigenvalue weighted by molar-refractivity contribution is -0.143. The van der Waals surface area contributed by atoms with Gasteiger partial charge in [0.05, 0.1) is 5.92 Å². The summed E-state index contributed by atoms with van der Waals surface area (Å²) >= 11 is 0. The molecule has 0 heterocycles. The zero-order valence-electron chi connectivity index (χ0n) is 20.5. The van der Waals surface area contributed by atoms with Crippen LogP contribution in [0, 0.1) is 11.3 Å². The predicted octanol–water partition coefficient (Wildman–Crippen LogP) is 4.70. The number of hydrogen-bond acceptors (Lipinski definition) is 4. The van der Waals surface area contributed by atoms with E-state index in [1.165, 1.54) is 0 Å². The Hall–Kier alpha value is -3.35. The third-order valence-corrected chi connectivity index (χ3v) is 7.10. The molecule has 35 heavy (non-hydrogen) atoms. The highest BCUT2D eigenvalue weighted by atomic mass is 16.5. The quantitative estimate of drug-likeness (QED) is 0.558. The lowest BCUT2D eigenvalue weighted by Gasteiger charge is -2.33. The van der Waals surface area contributed by atoms with Gasteiger partial charge in [0.15, 0.2) is 0 Å². The lowest BCUT2D eigenvalue weighted by Crippen LogP contribution is -2.56. The van der Waals surface area contributed by atoms with Crippen molar-refractivity contribution in [2.24, 2.45) is 11.3 Å². The molecule has 0 saturated heterocycles. The number of alkyl carbamates (subject to hydrolysis) is 1. The van der Waals surface area contributed by atoms with Gasteiger partial charge in [-0.3, -0.25) is 9.59 Å². The van der Waals surface area contributed by atoms with E-state index in [-0.39, 0.29) is 24.5 Å². The van der Waals surface area contributed by atoms with Gasteiger partial charge < -0.3 is 20.5 Å². The van der Waals surface area contributed by atoms with E-state index in [0.717, 1.165) is 35.1 Å². The molecule has 2 aromatic carbocycles. The highest BCUT2D eigenvalue weighted by molar-refractivity contribution is 5.87. The number of carboxylic acid groups (broad SMARTS) is 1. The topological polar surface area (TPSA) is 105 Å². The molecule has 1 unspecified atom stereocenters. The third-order valence-electron chi connectivity index (χ3n) is 7.10. The van der Waals surface area contributed by atoms with Gasteiger partial charge in [-0.2, -0.15) is 0 Å². The fourth-order valence-electron chi connectivity index (χ4n) is 5.26. The Morgan fingerprint density at radius 2 is 1.60 bits per heavy atom. The Labute approximate surface area is 206 Å². The second-order valence-electron chi connectivity index (χ2n) is 10.7. The first-order chi connectivity index (χ1) is 16.6. The Morgan fingerprint density at radius 3 is 2.17 bits per heavy atom. The summed E-state index contributed by atoms with van der Waals surface area (Å²) in [5.41, 5.74) is 3.98. The van der Waals surface area contributed by atoms with E-state index < -0.39 is 29.4 Å². The molecule has 186 valence electrons. The van der Waals surface area contributed by atoms with E-state index in [1.807, 2.05) is 45.0 Å². The highest BCUT2D eigenvalue weighted by Crippen LogP contribution is 2.44. The molecule has 0 aliphatic heterocycles. The van der Waals surface area contributed by atoms with Crippen molar-refractivity contribution in [3.8, 4) is 11.1 Å². The van der Waals surface area contributed by atoms with Gasteiger partial charge in [-0.15, -0.1) is 0 Å². The first kappa shape index (κ1) is 24.8. The molecule has 0 aromatic heterocycles. The van der Waals surface area contributed by atoms with Crippen molar-refractivity contribution in [3.63, 3.8) is 0 Å². The predicted molar refractivity (Wildman–Crippen MR) is 133 cm³/mol. The van der Waals surface area contributed by atoms with Crippen LogP contribution < -0.4 is 10.6 Å². The van der Waals surface area contributed by atoms with E-state index in [4.69, 9.17) is 4.74 Å². The minimum atomic E-state index is -0.826. The summed E-state index contributed by atoms with van der Waals surface area (Å²) < 4.78 is 5.65. The molecule has 3 N–H and O–H groups in total. The van der Waals surface area contributed by atoms with Crippen LogP contribution in [-0.4, -0.2) is 41.8 Å². The maximum absolute atomic E-state index is 13.1. The summed E-state index contributed by atoms with van der Waals surface area (Å²) in [5, 5.41) is 15.1. The second kappa shape index (κ2) is 10.1. The molecule has 4 rings (SSSR count). The van der Waals surface area contributed by atoms with Crippen LogP contribution in [0.15, 0.2) is 48.5 Å². The molecule has 2 aliphatic carbocycles. The van der Waals surface area contributed by atoms with Gasteiger partial charge in [0.2, 0.25) is 5.91 Å². The van der Waals surface area contributed by atoms with Gasteiger partial charge in [0.1, 0.15) is 12.6 Å². The van der Waals surface area contributed by atoms with Crippen LogP contribution in [-0.2, 0) is 14.3 Å². The summed E-state index contributed by atoms with van der Waals surface area (Å²) in [6.07, 6.45) is 1.87. The first-order valence-electron chi connectivity index (χ1n) is 12.3. The molecule has 1 saturated carbocycles. The van der Waals surface area contributed by atoms with Crippen molar-refractivity contribution in [3.05, 3.63) is 59.7 Å². The summed E-state index contributed by atoms with van der Waals surface area (Å²) in [6, 6.07) is 15.2. The fourth-order valence-corrected chi connectivity index (χ4v) is 5.26. The van der Waals surface area contributed by atoms with Crippen molar-refractivity contribution in [1.82, 2.24) is 10.6 Å². The molecule has 3 atom stereocenters. The monoisotopic (exact) mass is 478 g/mol. The average Bonchev–Trinajstić information content (AvgIpc) is 3.14. The first-order valence-corrected chi connectivity index (χ1v) is 12.3. The summed E-state index contributed by atoms with van der Waals surface area (Å²) in [6.45, 7) is 5.80. The van der Waals surface area contributed by atoms with Crippen molar-refractivity contribution in [1.29, 1.82) is 0 Å². The smallest absolute Gasteiger partial charge is 0.407 e. The van der Waals surface area contributed by atoms with Crippen LogP contribution in [0.4, 0.5) is 4.79 Å². The van der Waals surface area contributed by atoms with Crippen molar-refractivity contribution in [2.75, 3.05) is 6.61 Å². The molecule has 7 nitrogen and oxygen atoms in total. The Morgan fingerprint density at radius 1 is 1.00 bits per heavy atom. The largest absolute Gasteiger partial charge is 0.481 e. The van der Waals surface area contributed by atoms with Crippen molar-refractivity contribution >= 4 is 18.0 Å². The van der Waals surface area contributed by atoms with Crippen LogP contribution in [0.2, 0.25) is 0 Å². The Balaban J connectivity index is 1.40. The number of amides is 2. The van der Waals surface area contributed by atoms with Crippen LogP contribution in [0.25, 0.3) is 11.1 Å². The number of ether oxygens (including phenoxy) is 1. The number of carboxylic acids is 1. The Bertz CT molecular complexity index is 1060. The minimum Gasteiger partial charge on any atom is -0.481 e. The number of hydrogen-bond donors (Lipinski definition) is 3. The maximum atomic E-state index is 13.1. The zero-order valence-corrected chi connectivity index (χ0v) is 20.5. The number of carbonyl (C=O) groups excluding carboxylic acids is 2. The molecular formula is C28H34N2O5. The number of rotatable bonds is 6. The van der Waals surface area contributed by atoms with Gasteiger partial charge in [-0.25, -0.2) is 4.79 Å². The van der Waals surface area contributed by atoms with Crippen LogP contribution >= 0.6 is 0 Å². The van der Waals surface area contributed by atoms with Gasteiger partial charge >= 0.3 is 12.1 Å². The van der Waals surface area contributed by atoms with E-state index in [1.54, 1.807) is 0 Å². The molecule has 2 aromatic rings. The van der Waals surface area contributed by atoms with E-state index in [2.05, 4.69) is 34.9 Å². The normalized spacial score (nSPS) is 20.3. The van der Waals surface area contributed by atoms with Gasteiger partial charge in [-0.05, 0) is 46.9 Å². The standard InChI is InChI=1S/C28H34N2O5/c1-28(2,3)24(25(31)29-18-10-8-9-17(15-18)26(32)33)30-27(34)35-16-23-21-13-6-4-11-19(21)20-12-5-7-14-22(20)23/h4-7,11-14,17-18,23-24H,8-10,15-16H2,1-3H3,(H,29,31)(H,30,34)(H,32,33)/t17-,18+,24?/m1/s1. The molecule has 0 bridgehead atoms. The van der Waals surface area contributed by atoms with Gasteiger partial charge in [-0.1, -0.05) is 75.7 Å². The summed E-state index contributed by atoms with van der Waals surface area (Å²) in [4.78, 5) is 37.3. The number of nitrogens with one attached hydrogen (secondary N) is 2. The zero-order chi connectivity index (χ0) is 25.2. The number of benzene rings is 2.